The molecule has 1 heterocycles. The highest BCUT2D eigenvalue weighted by Gasteiger charge is 2.41. The number of ether oxygens (including phenoxy) is 3. The molecule has 1 rings (SSSR count). The van der Waals surface area contributed by atoms with Crippen LogP contribution in [0.2, 0.25) is 0 Å². The highest BCUT2D eigenvalue weighted by Crippen LogP contribution is 2.24. The SMILES string of the molecule is CC(=O)CC(O)=C1C(=O)OC(C)(C)OC1=O.CCO.CCOC(=O)CC(=O)CC(C)=O. The lowest BCUT2D eigenvalue weighted by Crippen LogP contribution is -2.42. The molecule has 0 saturated carbocycles. The van der Waals surface area contributed by atoms with E-state index in [0.717, 1.165) is 0 Å². The van der Waals surface area contributed by atoms with Gasteiger partial charge in [0.1, 0.15) is 23.7 Å². The summed E-state index contributed by atoms with van der Waals surface area (Å²) in [4.78, 5) is 65.4. The third-order valence-corrected chi connectivity index (χ3v) is 2.88. The van der Waals surface area contributed by atoms with Gasteiger partial charge in [-0.1, -0.05) is 0 Å². The molecule has 0 amide bonds. The van der Waals surface area contributed by atoms with Crippen LogP contribution < -0.4 is 0 Å². The van der Waals surface area contributed by atoms with Crippen molar-refractivity contribution in [1.29, 1.82) is 0 Å². The van der Waals surface area contributed by atoms with Gasteiger partial charge in [-0.05, 0) is 27.7 Å². The number of esters is 3. The molecule has 1 aliphatic rings. The second kappa shape index (κ2) is 14.8. The molecule has 0 aromatic rings. The van der Waals surface area contributed by atoms with Crippen molar-refractivity contribution in [2.45, 2.75) is 66.6 Å². The molecule has 0 unspecified atom stereocenters. The van der Waals surface area contributed by atoms with Crippen LogP contribution in [0.4, 0.5) is 0 Å². The van der Waals surface area contributed by atoms with Crippen LogP contribution in [-0.4, -0.2) is 64.5 Å². The molecular formula is C20H30O11. The maximum atomic E-state index is 11.4. The van der Waals surface area contributed by atoms with Gasteiger partial charge in [0, 0.05) is 20.5 Å². The summed E-state index contributed by atoms with van der Waals surface area (Å²) in [5, 5.41) is 17.0. The molecule has 1 aliphatic heterocycles. The molecule has 176 valence electrons. The second-order valence-corrected chi connectivity index (χ2v) is 6.59. The van der Waals surface area contributed by atoms with Gasteiger partial charge in [0.05, 0.1) is 19.4 Å². The van der Waals surface area contributed by atoms with Gasteiger partial charge in [0.15, 0.2) is 11.4 Å². The summed E-state index contributed by atoms with van der Waals surface area (Å²) in [7, 11) is 0. The Morgan fingerprint density at radius 2 is 1.32 bits per heavy atom. The first kappa shape index (κ1) is 30.1. The summed E-state index contributed by atoms with van der Waals surface area (Å²) in [6, 6.07) is 0. The topological polar surface area (TPSA) is 171 Å². The summed E-state index contributed by atoms with van der Waals surface area (Å²) in [5.41, 5.74) is -0.616. The van der Waals surface area contributed by atoms with Crippen LogP contribution in [-0.2, 0) is 43.0 Å². The van der Waals surface area contributed by atoms with E-state index in [1.807, 2.05) is 0 Å². The van der Waals surface area contributed by atoms with E-state index >= 15 is 0 Å². The number of aliphatic hydroxyl groups excluding tert-OH is 2. The molecule has 11 nitrogen and oxygen atoms in total. The van der Waals surface area contributed by atoms with Crippen molar-refractivity contribution in [3.63, 3.8) is 0 Å². The lowest BCUT2D eigenvalue weighted by atomic mass is 10.1. The van der Waals surface area contributed by atoms with Crippen molar-refractivity contribution in [1.82, 2.24) is 0 Å². The zero-order valence-corrected chi connectivity index (χ0v) is 18.6. The third-order valence-electron chi connectivity index (χ3n) is 2.88. The average Bonchev–Trinajstić information content (AvgIpc) is 2.52. The molecule has 0 spiro atoms. The van der Waals surface area contributed by atoms with E-state index in [1.54, 1.807) is 13.8 Å². The van der Waals surface area contributed by atoms with E-state index in [0.29, 0.717) is 0 Å². The van der Waals surface area contributed by atoms with Crippen LogP contribution in [0, 0.1) is 0 Å². The van der Waals surface area contributed by atoms with Gasteiger partial charge < -0.3 is 24.4 Å². The van der Waals surface area contributed by atoms with E-state index in [4.69, 9.17) is 14.6 Å². The number of hydrogen-bond acceptors (Lipinski definition) is 11. The Hall–Kier alpha value is -3.08. The number of hydrogen-bond donors (Lipinski definition) is 2. The summed E-state index contributed by atoms with van der Waals surface area (Å²) in [5.74, 6) is -5.52. The van der Waals surface area contributed by atoms with Crippen LogP contribution in [0.3, 0.4) is 0 Å². The molecule has 1 saturated heterocycles. The molecule has 0 aromatic carbocycles. The Balaban J connectivity index is 0. The summed E-state index contributed by atoms with van der Waals surface area (Å²) in [6.45, 7) is 9.16. The van der Waals surface area contributed by atoms with Gasteiger partial charge in [0.2, 0.25) is 0 Å². The van der Waals surface area contributed by atoms with Gasteiger partial charge in [-0.25, -0.2) is 9.59 Å². The number of Topliss-reactive ketones (excluding diaryl/α,β-unsaturated/α-hetero) is 3. The molecule has 0 radical (unpaired) electrons. The largest absolute Gasteiger partial charge is 0.511 e. The number of carbonyl (C=O) groups excluding carboxylic acids is 6. The smallest absolute Gasteiger partial charge is 0.352 e. The van der Waals surface area contributed by atoms with Crippen LogP contribution >= 0.6 is 0 Å². The van der Waals surface area contributed by atoms with E-state index in [9.17, 15) is 33.9 Å². The highest BCUT2D eigenvalue weighted by molar-refractivity contribution is 6.16. The number of rotatable bonds is 7. The zero-order chi connectivity index (χ0) is 24.8. The van der Waals surface area contributed by atoms with Gasteiger partial charge >= 0.3 is 17.9 Å². The maximum absolute atomic E-state index is 11.4. The average molecular weight is 446 g/mol. The number of cyclic esters (lactones) is 2. The monoisotopic (exact) mass is 446 g/mol. The van der Waals surface area contributed by atoms with Crippen molar-refractivity contribution >= 4 is 35.3 Å². The maximum Gasteiger partial charge on any atom is 0.352 e. The van der Waals surface area contributed by atoms with Gasteiger partial charge in [0.25, 0.3) is 5.79 Å². The van der Waals surface area contributed by atoms with Crippen LogP contribution in [0.15, 0.2) is 11.3 Å². The molecule has 11 heteroatoms. The fraction of sp³-hybridized carbons (Fsp3) is 0.600. The van der Waals surface area contributed by atoms with Crippen molar-refractivity contribution in [2.24, 2.45) is 0 Å². The predicted octanol–water partition coefficient (Wildman–Crippen LogP) is 1.10. The quantitative estimate of drug-likeness (QED) is 0.189. The predicted molar refractivity (Wildman–Crippen MR) is 106 cm³/mol. The minimum atomic E-state index is -1.35. The molecule has 31 heavy (non-hydrogen) atoms. The summed E-state index contributed by atoms with van der Waals surface area (Å²) >= 11 is 0. The summed E-state index contributed by atoms with van der Waals surface area (Å²) in [6.07, 6.45) is -0.883. The molecule has 0 bridgehead atoms. The summed E-state index contributed by atoms with van der Waals surface area (Å²) < 4.78 is 14.0. The lowest BCUT2D eigenvalue weighted by molar-refractivity contribution is -0.222. The molecular weight excluding hydrogens is 416 g/mol. The molecule has 0 aromatic heterocycles. The first-order valence-corrected chi connectivity index (χ1v) is 9.36. The van der Waals surface area contributed by atoms with Crippen LogP contribution in [0.25, 0.3) is 0 Å². The number of allylic oxidation sites excluding steroid dienone is 1. The number of ketones is 3. The first-order valence-electron chi connectivity index (χ1n) is 9.36. The number of carbonyl (C=O) groups is 6. The Morgan fingerprint density at radius 1 is 0.903 bits per heavy atom. The first-order chi connectivity index (χ1) is 14.2. The van der Waals surface area contributed by atoms with Crippen LogP contribution in [0.1, 0.15) is 60.8 Å². The highest BCUT2D eigenvalue weighted by atomic mass is 16.7. The van der Waals surface area contributed by atoms with E-state index in [1.165, 1.54) is 27.7 Å². The van der Waals surface area contributed by atoms with Gasteiger partial charge in [-0.2, -0.15) is 0 Å². The Labute approximate surface area is 180 Å². The van der Waals surface area contributed by atoms with Crippen molar-refractivity contribution in [2.75, 3.05) is 13.2 Å². The van der Waals surface area contributed by atoms with Gasteiger partial charge in [-0.15, -0.1) is 0 Å². The fourth-order valence-corrected chi connectivity index (χ4v) is 1.93. The van der Waals surface area contributed by atoms with Crippen molar-refractivity contribution < 1.29 is 53.2 Å². The zero-order valence-electron chi connectivity index (χ0n) is 18.6. The minimum absolute atomic E-state index is 0.182. The van der Waals surface area contributed by atoms with E-state index in [2.05, 4.69) is 4.74 Å². The fourth-order valence-electron chi connectivity index (χ4n) is 1.93. The number of aliphatic hydroxyl groups is 2. The Morgan fingerprint density at radius 3 is 1.68 bits per heavy atom. The molecule has 0 aliphatic carbocycles. The van der Waals surface area contributed by atoms with Crippen LogP contribution in [0.5, 0.6) is 0 Å². The standard InChI is InChI=1S/C10H12O6.C8H12O4.C2H6O/c1-5(11)4-6(12)7-8(13)15-10(2,3)16-9(7)14;1-3-12-8(11)5-7(10)4-6(2)9;1-2-3/h12H,4H2,1-3H3;3-5H2,1-2H3;3H,2H2,1H3. The van der Waals surface area contributed by atoms with Crippen molar-refractivity contribution in [3.05, 3.63) is 11.3 Å². The van der Waals surface area contributed by atoms with Gasteiger partial charge in [-0.3, -0.25) is 19.2 Å². The molecule has 2 N–H and O–H groups in total. The second-order valence-electron chi connectivity index (χ2n) is 6.59. The van der Waals surface area contributed by atoms with E-state index in [-0.39, 0.29) is 43.4 Å². The van der Waals surface area contributed by atoms with Crippen molar-refractivity contribution in [3.8, 4) is 0 Å². The normalized spacial score (nSPS) is 13.8. The lowest BCUT2D eigenvalue weighted by Gasteiger charge is -2.30. The Kier molecular flexibility index (Phi) is 14.4. The third kappa shape index (κ3) is 14.5. The van der Waals surface area contributed by atoms with E-state index < -0.39 is 41.4 Å². The molecule has 1 fully saturated rings. The Bertz CT molecular complexity index is 695. The molecule has 0 atom stereocenters. The minimum Gasteiger partial charge on any atom is -0.511 e.